The largest absolute Gasteiger partial charge is 0.399 e. The van der Waals surface area contributed by atoms with Crippen LogP contribution in [-0.4, -0.2) is 30.1 Å². The Morgan fingerprint density at radius 3 is 2.52 bits per heavy atom. The number of nitrogen functional groups attached to an aromatic ring is 1. The van der Waals surface area contributed by atoms with Gasteiger partial charge in [0.1, 0.15) is 0 Å². The van der Waals surface area contributed by atoms with Gasteiger partial charge in [-0.25, -0.2) is 8.78 Å². The number of halogens is 2. The summed E-state index contributed by atoms with van der Waals surface area (Å²) in [5.41, 5.74) is 6.56. The van der Waals surface area contributed by atoms with Crippen LogP contribution < -0.4 is 11.1 Å². The zero-order valence-corrected chi connectivity index (χ0v) is 12.4. The lowest BCUT2D eigenvalue weighted by molar-refractivity contribution is 0.0607. The van der Waals surface area contributed by atoms with E-state index in [1.54, 1.807) is 12.1 Å². The molecule has 2 aliphatic heterocycles. The highest BCUT2D eigenvalue weighted by molar-refractivity contribution is 5.59. The SMILES string of the molecule is CN1C2CCCC1CC(Nc1ccc(N)cc1C(F)F)C2. The van der Waals surface area contributed by atoms with Crippen LogP contribution in [0.1, 0.15) is 44.1 Å². The van der Waals surface area contributed by atoms with Crippen molar-refractivity contribution in [3.05, 3.63) is 23.8 Å². The Balaban J connectivity index is 1.75. The molecule has 0 radical (unpaired) electrons. The van der Waals surface area contributed by atoms with Crippen LogP contribution in [0.5, 0.6) is 0 Å². The molecule has 0 amide bonds. The van der Waals surface area contributed by atoms with Gasteiger partial charge in [0, 0.05) is 35.1 Å². The monoisotopic (exact) mass is 295 g/mol. The maximum atomic E-state index is 13.2. The molecule has 0 aliphatic carbocycles. The van der Waals surface area contributed by atoms with Crippen molar-refractivity contribution in [3.63, 3.8) is 0 Å². The summed E-state index contributed by atoms with van der Waals surface area (Å²) >= 11 is 0. The molecule has 21 heavy (non-hydrogen) atoms. The van der Waals surface area contributed by atoms with Crippen molar-refractivity contribution >= 4 is 11.4 Å². The highest BCUT2D eigenvalue weighted by atomic mass is 19.3. The second kappa shape index (κ2) is 5.79. The van der Waals surface area contributed by atoms with Gasteiger partial charge < -0.3 is 16.0 Å². The molecule has 2 bridgehead atoms. The molecule has 2 saturated heterocycles. The zero-order valence-electron chi connectivity index (χ0n) is 12.4. The molecule has 3 N–H and O–H groups in total. The molecule has 0 saturated carbocycles. The first-order valence-corrected chi connectivity index (χ1v) is 7.70. The topological polar surface area (TPSA) is 41.3 Å². The van der Waals surface area contributed by atoms with Crippen LogP contribution in [0, 0.1) is 0 Å². The van der Waals surface area contributed by atoms with Crippen molar-refractivity contribution in [2.45, 2.75) is 56.7 Å². The first-order valence-electron chi connectivity index (χ1n) is 7.70. The number of fused-ring (bicyclic) bond motifs is 2. The van der Waals surface area contributed by atoms with E-state index < -0.39 is 6.43 Å². The number of alkyl halides is 2. The van der Waals surface area contributed by atoms with Crippen LogP contribution in [0.3, 0.4) is 0 Å². The summed E-state index contributed by atoms with van der Waals surface area (Å²) in [6.45, 7) is 0. The summed E-state index contributed by atoms with van der Waals surface area (Å²) in [5.74, 6) is 0. The van der Waals surface area contributed by atoms with Crippen LogP contribution in [0.15, 0.2) is 18.2 Å². The van der Waals surface area contributed by atoms with Gasteiger partial charge in [-0.05, 0) is 50.9 Å². The van der Waals surface area contributed by atoms with Crippen molar-refractivity contribution < 1.29 is 8.78 Å². The molecular formula is C16H23F2N3. The van der Waals surface area contributed by atoms with E-state index in [0.717, 1.165) is 12.8 Å². The summed E-state index contributed by atoms with van der Waals surface area (Å²) in [4.78, 5) is 2.47. The van der Waals surface area contributed by atoms with Gasteiger partial charge in [0.25, 0.3) is 6.43 Å². The van der Waals surface area contributed by atoms with Crippen molar-refractivity contribution in [1.29, 1.82) is 0 Å². The first-order chi connectivity index (χ1) is 10.0. The number of hydrogen-bond acceptors (Lipinski definition) is 3. The minimum absolute atomic E-state index is 0.0130. The second-order valence-corrected chi connectivity index (χ2v) is 6.36. The normalized spacial score (nSPS) is 29.6. The van der Waals surface area contributed by atoms with Crippen LogP contribution in [-0.2, 0) is 0 Å². The van der Waals surface area contributed by atoms with Gasteiger partial charge in [0.2, 0.25) is 0 Å². The molecule has 2 atom stereocenters. The van der Waals surface area contributed by atoms with E-state index in [9.17, 15) is 8.78 Å². The minimum Gasteiger partial charge on any atom is -0.399 e. The Morgan fingerprint density at radius 2 is 1.90 bits per heavy atom. The van der Waals surface area contributed by atoms with Crippen LogP contribution in [0.2, 0.25) is 0 Å². The Kier molecular flexibility index (Phi) is 4.02. The van der Waals surface area contributed by atoms with Gasteiger partial charge in [-0.15, -0.1) is 0 Å². The fourth-order valence-electron chi connectivity index (χ4n) is 3.85. The average Bonchev–Trinajstić information content (AvgIpc) is 2.41. The molecule has 2 fully saturated rings. The van der Waals surface area contributed by atoms with E-state index in [-0.39, 0.29) is 11.6 Å². The third-order valence-corrected chi connectivity index (χ3v) is 5.01. The number of nitrogens with zero attached hydrogens (tertiary/aromatic N) is 1. The molecule has 2 unspecified atom stereocenters. The van der Waals surface area contributed by atoms with Crippen LogP contribution in [0.4, 0.5) is 20.2 Å². The van der Waals surface area contributed by atoms with Gasteiger partial charge in [0.05, 0.1) is 0 Å². The molecule has 0 spiro atoms. The predicted octanol–water partition coefficient (Wildman–Crippen LogP) is 3.63. The fourth-order valence-corrected chi connectivity index (χ4v) is 3.85. The number of rotatable bonds is 3. The van der Waals surface area contributed by atoms with Crippen LogP contribution >= 0.6 is 0 Å². The third-order valence-electron chi connectivity index (χ3n) is 5.01. The number of nitrogens with two attached hydrogens (primary N) is 1. The van der Waals surface area contributed by atoms with Gasteiger partial charge in [-0.3, -0.25) is 0 Å². The zero-order chi connectivity index (χ0) is 15.0. The maximum Gasteiger partial charge on any atom is 0.265 e. The lowest BCUT2D eigenvalue weighted by Gasteiger charge is -2.47. The van der Waals surface area contributed by atoms with Gasteiger partial charge in [-0.2, -0.15) is 0 Å². The quantitative estimate of drug-likeness (QED) is 0.837. The predicted molar refractivity (Wildman–Crippen MR) is 81.6 cm³/mol. The van der Waals surface area contributed by atoms with E-state index in [1.807, 2.05) is 0 Å². The molecule has 3 nitrogen and oxygen atoms in total. The molecule has 2 heterocycles. The summed E-state index contributed by atoms with van der Waals surface area (Å²) in [7, 11) is 2.19. The Morgan fingerprint density at radius 1 is 1.24 bits per heavy atom. The summed E-state index contributed by atoms with van der Waals surface area (Å²) in [6, 6.07) is 6.19. The fraction of sp³-hybridized carbons (Fsp3) is 0.625. The molecule has 5 heteroatoms. The van der Waals surface area contributed by atoms with Crippen molar-refractivity contribution in [2.24, 2.45) is 0 Å². The average molecular weight is 295 g/mol. The summed E-state index contributed by atoms with van der Waals surface area (Å²) < 4.78 is 26.3. The Hall–Kier alpha value is -1.36. The highest BCUT2D eigenvalue weighted by Gasteiger charge is 2.36. The lowest BCUT2D eigenvalue weighted by atomic mass is 9.82. The van der Waals surface area contributed by atoms with E-state index in [1.165, 1.54) is 25.3 Å². The van der Waals surface area contributed by atoms with E-state index in [4.69, 9.17) is 5.73 Å². The number of nitrogens with one attached hydrogen (secondary N) is 1. The number of piperidine rings is 2. The van der Waals surface area contributed by atoms with Crippen molar-refractivity contribution in [1.82, 2.24) is 4.90 Å². The minimum atomic E-state index is -2.50. The Bertz CT molecular complexity index is 492. The van der Waals surface area contributed by atoms with Gasteiger partial charge >= 0.3 is 0 Å². The standard InChI is InChI=1S/C16H23F2N3/c1-21-12-3-2-4-13(21)9-11(8-12)20-15-6-5-10(19)7-14(15)16(17)18/h5-7,11-13,16,20H,2-4,8-9,19H2,1H3. The molecule has 1 aromatic rings. The molecule has 0 aromatic heterocycles. The van der Waals surface area contributed by atoms with Crippen LogP contribution in [0.25, 0.3) is 0 Å². The lowest BCUT2D eigenvalue weighted by Crippen LogP contribution is -2.52. The summed E-state index contributed by atoms with van der Waals surface area (Å²) in [6.07, 6.45) is 3.28. The molecule has 1 aromatic carbocycles. The number of benzene rings is 1. The van der Waals surface area contributed by atoms with Crippen molar-refractivity contribution in [3.8, 4) is 0 Å². The van der Waals surface area contributed by atoms with E-state index >= 15 is 0 Å². The molecular weight excluding hydrogens is 272 g/mol. The second-order valence-electron chi connectivity index (χ2n) is 6.36. The molecule has 2 aliphatic rings. The first kappa shape index (κ1) is 14.6. The third kappa shape index (κ3) is 2.98. The van der Waals surface area contributed by atoms with Gasteiger partial charge in [0.15, 0.2) is 0 Å². The van der Waals surface area contributed by atoms with E-state index in [0.29, 0.717) is 23.5 Å². The molecule has 3 rings (SSSR count). The highest BCUT2D eigenvalue weighted by Crippen LogP contribution is 2.36. The summed E-state index contributed by atoms with van der Waals surface area (Å²) in [5, 5.41) is 3.34. The smallest absolute Gasteiger partial charge is 0.265 e. The van der Waals surface area contributed by atoms with Crippen molar-refractivity contribution in [2.75, 3.05) is 18.1 Å². The number of hydrogen-bond donors (Lipinski definition) is 2. The van der Waals surface area contributed by atoms with E-state index in [2.05, 4.69) is 17.3 Å². The van der Waals surface area contributed by atoms with Gasteiger partial charge in [-0.1, -0.05) is 6.42 Å². The maximum absolute atomic E-state index is 13.2. The molecule has 116 valence electrons. The Labute approximate surface area is 124 Å². The number of anilines is 2.